The summed E-state index contributed by atoms with van der Waals surface area (Å²) in [6, 6.07) is 7.60. The molecule has 0 saturated carbocycles. The third-order valence-corrected chi connectivity index (χ3v) is 3.47. The summed E-state index contributed by atoms with van der Waals surface area (Å²) < 4.78 is 0.801. The second-order valence-corrected chi connectivity index (χ2v) is 7.70. The summed E-state index contributed by atoms with van der Waals surface area (Å²) in [6.07, 6.45) is 4.80. The van der Waals surface area contributed by atoms with E-state index in [1.165, 1.54) is 23.5 Å². The zero-order valence-corrected chi connectivity index (χ0v) is 15.0. The number of pyridine rings is 2. The van der Waals surface area contributed by atoms with Gasteiger partial charge in [-0.15, -0.1) is 0 Å². The molecule has 0 atom stereocenters. The van der Waals surface area contributed by atoms with E-state index < -0.39 is 0 Å². The molecule has 0 spiro atoms. The first-order chi connectivity index (χ1) is 10.00. The van der Waals surface area contributed by atoms with Gasteiger partial charge in [0.05, 0.1) is 0 Å². The number of nitrogens with zero attached hydrogens (tertiary/aromatic N) is 2. The maximum atomic E-state index is 10.7. The van der Waals surface area contributed by atoms with Crippen molar-refractivity contribution in [2.75, 3.05) is 0 Å². The fraction of sp³-hybridized carbons (Fsp3) is 0.444. The lowest BCUT2D eigenvalue weighted by Crippen LogP contribution is -2.25. The first-order valence-corrected chi connectivity index (χ1v) is 7.69. The van der Waals surface area contributed by atoms with E-state index in [-0.39, 0.29) is 10.8 Å². The average Bonchev–Trinajstić information content (AvgIpc) is 2.38. The molecule has 2 aromatic rings. The van der Waals surface area contributed by atoms with Gasteiger partial charge in [0.2, 0.25) is 0 Å². The highest BCUT2D eigenvalue weighted by Crippen LogP contribution is 2.23. The third kappa shape index (κ3) is 6.02. The lowest BCUT2D eigenvalue weighted by molar-refractivity contribution is -0.605. The van der Waals surface area contributed by atoms with Gasteiger partial charge in [0.1, 0.15) is 5.15 Å². The molecule has 0 amide bonds. The average molecular weight is 321 g/mol. The predicted octanol–water partition coefficient (Wildman–Crippen LogP) is 4.65. The summed E-state index contributed by atoms with van der Waals surface area (Å²) >= 11 is 5.74. The Labute approximate surface area is 138 Å². The summed E-state index contributed by atoms with van der Waals surface area (Å²) in [5, 5.41) is 11.2. The van der Waals surface area contributed by atoms with Crippen molar-refractivity contribution in [1.82, 2.24) is 4.98 Å². The summed E-state index contributed by atoms with van der Waals surface area (Å²) in [5.74, 6) is 0. The molecule has 0 aromatic carbocycles. The van der Waals surface area contributed by atoms with Crippen molar-refractivity contribution in [3.63, 3.8) is 0 Å². The summed E-state index contributed by atoms with van der Waals surface area (Å²) in [6.45, 7) is 12.8. The number of hydrogen-bond donors (Lipinski definition) is 0. The maximum Gasteiger partial charge on any atom is 0.180 e. The number of halogens is 1. The molecule has 2 heterocycles. The van der Waals surface area contributed by atoms with E-state index in [9.17, 15) is 5.21 Å². The first-order valence-electron chi connectivity index (χ1n) is 7.31. The van der Waals surface area contributed by atoms with Crippen LogP contribution in [0.1, 0.15) is 52.7 Å². The van der Waals surface area contributed by atoms with Gasteiger partial charge in [-0.2, -0.15) is 4.73 Å². The van der Waals surface area contributed by atoms with Crippen LogP contribution < -0.4 is 4.73 Å². The molecule has 2 aromatic heterocycles. The minimum Gasteiger partial charge on any atom is -0.619 e. The molecule has 0 aliphatic heterocycles. The van der Waals surface area contributed by atoms with E-state index >= 15 is 0 Å². The lowest BCUT2D eigenvalue weighted by Gasteiger charge is -2.18. The standard InChI is InChI=1S/C9H12ClN.C9H13NO/c1-9(2,3)7-4-5-11-8(10)6-7;1-9(2,3)8-4-6-10(11)7-5-8/h4-6H,1-3H3;4-7H,1-3H3. The van der Waals surface area contributed by atoms with Crippen LogP contribution in [0.15, 0.2) is 42.9 Å². The van der Waals surface area contributed by atoms with Gasteiger partial charge in [0.15, 0.2) is 12.4 Å². The van der Waals surface area contributed by atoms with Crippen molar-refractivity contribution < 1.29 is 4.73 Å². The highest BCUT2D eigenvalue weighted by molar-refractivity contribution is 6.29. The Morgan fingerprint density at radius 2 is 1.41 bits per heavy atom. The topological polar surface area (TPSA) is 39.8 Å². The molecule has 0 aliphatic carbocycles. The Morgan fingerprint density at radius 1 is 0.909 bits per heavy atom. The van der Waals surface area contributed by atoms with Gasteiger partial charge < -0.3 is 5.21 Å². The van der Waals surface area contributed by atoms with Crippen LogP contribution in [-0.4, -0.2) is 4.98 Å². The van der Waals surface area contributed by atoms with Gasteiger partial charge >= 0.3 is 0 Å². The molecule has 0 radical (unpaired) electrons. The van der Waals surface area contributed by atoms with Gasteiger partial charge in [0, 0.05) is 18.3 Å². The van der Waals surface area contributed by atoms with Crippen LogP contribution in [0.3, 0.4) is 0 Å². The molecule has 22 heavy (non-hydrogen) atoms. The molecule has 2 rings (SSSR count). The number of rotatable bonds is 0. The van der Waals surface area contributed by atoms with Crippen LogP contribution in [-0.2, 0) is 10.8 Å². The Hall–Kier alpha value is -1.61. The fourth-order valence-electron chi connectivity index (χ4n) is 1.78. The molecule has 0 aliphatic rings. The Kier molecular flexibility index (Phi) is 5.95. The summed E-state index contributed by atoms with van der Waals surface area (Å²) in [7, 11) is 0. The summed E-state index contributed by atoms with van der Waals surface area (Å²) in [4.78, 5) is 3.92. The van der Waals surface area contributed by atoms with Crippen molar-refractivity contribution in [2.45, 2.75) is 52.4 Å². The molecule has 4 heteroatoms. The number of aromatic nitrogens is 2. The van der Waals surface area contributed by atoms with Gasteiger partial charge in [-0.25, -0.2) is 4.98 Å². The Morgan fingerprint density at radius 3 is 1.77 bits per heavy atom. The Balaban J connectivity index is 0.000000220. The van der Waals surface area contributed by atoms with Crippen molar-refractivity contribution in [1.29, 1.82) is 0 Å². The smallest absolute Gasteiger partial charge is 0.180 e. The van der Waals surface area contributed by atoms with E-state index in [1.807, 2.05) is 24.3 Å². The molecule has 0 unspecified atom stereocenters. The molecular formula is C18H25ClN2O. The van der Waals surface area contributed by atoms with Crippen LogP contribution in [0.2, 0.25) is 5.15 Å². The molecule has 0 bridgehead atoms. The van der Waals surface area contributed by atoms with Crippen molar-refractivity contribution in [3.05, 3.63) is 64.3 Å². The van der Waals surface area contributed by atoms with Crippen LogP contribution in [0, 0.1) is 5.21 Å². The molecule has 0 saturated heterocycles. The zero-order valence-electron chi connectivity index (χ0n) is 14.2. The van der Waals surface area contributed by atoms with Crippen molar-refractivity contribution in [2.24, 2.45) is 0 Å². The Bertz CT molecular complexity index is 596. The zero-order chi connectivity index (χ0) is 17.0. The monoisotopic (exact) mass is 320 g/mol. The maximum absolute atomic E-state index is 10.7. The highest BCUT2D eigenvalue weighted by Gasteiger charge is 2.14. The SMILES string of the molecule is CC(C)(C)c1cc[n+]([O-])cc1.CC(C)(C)c1ccnc(Cl)c1. The highest BCUT2D eigenvalue weighted by atomic mass is 35.5. The third-order valence-electron chi connectivity index (χ3n) is 3.26. The van der Waals surface area contributed by atoms with E-state index in [2.05, 4.69) is 46.5 Å². The second-order valence-electron chi connectivity index (χ2n) is 7.31. The first kappa shape index (κ1) is 18.4. The van der Waals surface area contributed by atoms with Crippen LogP contribution in [0.5, 0.6) is 0 Å². The van der Waals surface area contributed by atoms with Crippen LogP contribution in [0.25, 0.3) is 0 Å². The lowest BCUT2D eigenvalue weighted by atomic mass is 9.88. The van der Waals surface area contributed by atoms with E-state index in [0.717, 1.165) is 4.73 Å². The van der Waals surface area contributed by atoms with Crippen LogP contribution in [0.4, 0.5) is 0 Å². The minimum atomic E-state index is 0.133. The van der Waals surface area contributed by atoms with Gasteiger partial charge in [-0.3, -0.25) is 0 Å². The van der Waals surface area contributed by atoms with Gasteiger partial charge in [0.25, 0.3) is 0 Å². The van der Waals surface area contributed by atoms with Gasteiger partial charge in [-0.05, 0) is 34.1 Å². The second kappa shape index (κ2) is 7.10. The molecule has 0 fully saturated rings. The summed E-state index contributed by atoms with van der Waals surface area (Å²) in [5.41, 5.74) is 2.70. The van der Waals surface area contributed by atoms with E-state index in [1.54, 1.807) is 6.20 Å². The van der Waals surface area contributed by atoms with E-state index in [0.29, 0.717) is 5.15 Å². The molecule has 0 N–H and O–H groups in total. The quantitative estimate of drug-likeness (QED) is 0.402. The van der Waals surface area contributed by atoms with Gasteiger partial charge in [-0.1, -0.05) is 53.1 Å². The van der Waals surface area contributed by atoms with E-state index in [4.69, 9.17) is 11.6 Å². The predicted molar refractivity (Wildman–Crippen MR) is 92.0 cm³/mol. The number of hydrogen-bond acceptors (Lipinski definition) is 2. The van der Waals surface area contributed by atoms with Crippen molar-refractivity contribution >= 4 is 11.6 Å². The molecule has 120 valence electrons. The largest absolute Gasteiger partial charge is 0.619 e. The van der Waals surface area contributed by atoms with Crippen LogP contribution >= 0.6 is 11.6 Å². The molecule has 3 nitrogen and oxygen atoms in total. The molecular weight excluding hydrogens is 296 g/mol. The fourth-order valence-corrected chi connectivity index (χ4v) is 1.96. The minimum absolute atomic E-state index is 0.133. The normalized spacial score (nSPS) is 11.6. The van der Waals surface area contributed by atoms with Crippen molar-refractivity contribution in [3.8, 4) is 0 Å².